The van der Waals surface area contributed by atoms with Crippen molar-refractivity contribution < 1.29 is 5.11 Å². The molecule has 0 unspecified atom stereocenters. The first kappa shape index (κ1) is 9.67. The van der Waals surface area contributed by atoms with Crippen LogP contribution in [0.25, 0.3) is 10.8 Å². The smallest absolute Gasteiger partial charge is 0.119 e. The van der Waals surface area contributed by atoms with Crippen LogP contribution in [0.2, 0.25) is 0 Å². The van der Waals surface area contributed by atoms with Gasteiger partial charge < -0.3 is 10.8 Å². The highest BCUT2D eigenvalue weighted by Gasteiger charge is 2.38. The Bertz CT molecular complexity index is 543. The molecule has 0 aromatic heterocycles. The average molecular weight is 213 g/mol. The molecule has 1 saturated carbocycles. The van der Waals surface area contributed by atoms with Gasteiger partial charge in [-0.15, -0.1) is 0 Å². The summed E-state index contributed by atoms with van der Waals surface area (Å²) in [5.74, 6) is 0.371. The zero-order valence-electron chi connectivity index (χ0n) is 9.11. The number of phenols is 1. The molecule has 1 fully saturated rings. The molecule has 0 atom stereocenters. The number of benzene rings is 2. The summed E-state index contributed by atoms with van der Waals surface area (Å²) in [4.78, 5) is 0. The van der Waals surface area contributed by atoms with Crippen molar-refractivity contribution in [3.8, 4) is 5.75 Å². The molecule has 3 N–H and O–H groups in total. The molecule has 0 spiro atoms. The molecule has 2 aromatic carbocycles. The Hall–Kier alpha value is -1.54. The van der Waals surface area contributed by atoms with Crippen LogP contribution in [0.4, 0.5) is 0 Å². The minimum absolute atomic E-state index is 0.0679. The van der Waals surface area contributed by atoms with Gasteiger partial charge in [0.25, 0.3) is 0 Å². The summed E-state index contributed by atoms with van der Waals surface area (Å²) in [7, 11) is 0. The van der Waals surface area contributed by atoms with Gasteiger partial charge in [-0.05, 0) is 36.1 Å². The van der Waals surface area contributed by atoms with Crippen LogP contribution < -0.4 is 5.73 Å². The highest BCUT2D eigenvalue weighted by Crippen LogP contribution is 2.39. The molecule has 0 saturated heterocycles. The third-order valence-corrected chi connectivity index (χ3v) is 3.44. The van der Waals surface area contributed by atoms with E-state index in [-0.39, 0.29) is 5.54 Å². The molecule has 2 heteroatoms. The van der Waals surface area contributed by atoms with Gasteiger partial charge in [0.2, 0.25) is 0 Å². The first-order chi connectivity index (χ1) is 7.68. The van der Waals surface area contributed by atoms with Crippen LogP contribution in [0.5, 0.6) is 5.75 Å². The summed E-state index contributed by atoms with van der Waals surface area (Å²) in [6.07, 6.45) is 2.91. The molecule has 0 amide bonds. The molecule has 0 bridgehead atoms. The third kappa shape index (κ3) is 1.55. The van der Waals surface area contributed by atoms with Gasteiger partial charge in [-0.2, -0.15) is 0 Å². The fourth-order valence-corrected chi connectivity index (χ4v) is 2.20. The Morgan fingerprint density at radius 2 is 1.88 bits per heavy atom. The van der Waals surface area contributed by atoms with Crippen LogP contribution in [0, 0.1) is 0 Å². The predicted molar refractivity (Wildman–Crippen MR) is 65.5 cm³/mol. The summed E-state index contributed by atoms with van der Waals surface area (Å²) in [5.41, 5.74) is 7.06. The van der Waals surface area contributed by atoms with Crippen molar-refractivity contribution in [3.05, 3.63) is 42.0 Å². The number of hydrogen-bond acceptors (Lipinski definition) is 2. The fourth-order valence-electron chi connectivity index (χ4n) is 2.20. The van der Waals surface area contributed by atoms with E-state index in [2.05, 4.69) is 12.1 Å². The Morgan fingerprint density at radius 3 is 2.62 bits per heavy atom. The molecular weight excluding hydrogens is 198 g/mol. The maximum atomic E-state index is 9.94. The lowest BCUT2D eigenvalue weighted by Crippen LogP contribution is -2.24. The molecule has 1 aliphatic carbocycles. The van der Waals surface area contributed by atoms with Crippen molar-refractivity contribution in [2.75, 3.05) is 0 Å². The van der Waals surface area contributed by atoms with Crippen molar-refractivity contribution in [1.82, 2.24) is 0 Å². The first-order valence-electron chi connectivity index (χ1n) is 5.66. The van der Waals surface area contributed by atoms with Gasteiger partial charge in [-0.1, -0.05) is 30.3 Å². The highest BCUT2D eigenvalue weighted by molar-refractivity contribution is 5.87. The number of phenolic OH excluding ortho intramolecular Hbond substituents is 1. The van der Waals surface area contributed by atoms with E-state index in [0.717, 1.165) is 30.2 Å². The van der Waals surface area contributed by atoms with Crippen LogP contribution in [-0.2, 0) is 6.42 Å². The zero-order chi connectivity index (χ0) is 11.2. The highest BCUT2D eigenvalue weighted by atomic mass is 16.3. The standard InChI is InChI=1S/C14H15NO/c15-14(7-8-14)9-12-11-4-2-1-3-10(11)5-6-13(12)16/h1-6,16H,7-9,15H2. The van der Waals surface area contributed by atoms with Crippen LogP contribution in [0.15, 0.2) is 36.4 Å². The fraction of sp³-hybridized carbons (Fsp3) is 0.286. The van der Waals surface area contributed by atoms with Crippen LogP contribution in [-0.4, -0.2) is 10.6 Å². The van der Waals surface area contributed by atoms with Crippen molar-refractivity contribution in [1.29, 1.82) is 0 Å². The van der Waals surface area contributed by atoms with E-state index < -0.39 is 0 Å². The number of hydrogen-bond donors (Lipinski definition) is 2. The zero-order valence-corrected chi connectivity index (χ0v) is 9.11. The maximum absolute atomic E-state index is 9.94. The van der Waals surface area contributed by atoms with Gasteiger partial charge in [-0.25, -0.2) is 0 Å². The van der Waals surface area contributed by atoms with Crippen molar-refractivity contribution in [2.24, 2.45) is 5.73 Å². The van der Waals surface area contributed by atoms with Crippen LogP contribution in [0.3, 0.4) is 0 Å². The third-order valence-electron chi connectivity index (χ3n) is 3.44. The lowest BCUT2D eigenvalue weighted by Gasteiger charge is -2.13. The van der Waals surface area contributed by atoms with Crippen molar-refractivity contribution in [3.63, 3.8) is 0 Å². The van der Waals surface area contributed by atoms with E-state index in [1.807, 2.05) is 18.2 Å². The monoisotopic (exact) mass is 213 g/mol. The molecule has 16 heavy (non-hydrogen) atoms. The van der Waals surface area contributed by atoms with Gasteiger partial charge in [-0.3, -0.25) is 0 Å². The van der Waals surface area contributed by atoms with Gasteiger partial charge in [0.15, 0.2) is 0 Å². The van der Waals surface area contributed by atoms with Crippen molar-refractivity contribution in [2.45, 2.75) is 24.8 Å². The molecule has 2 nitrogen and oxygen atoms in total. The predicted octanol–water partition coefficient (Wildman–Crippen LogP) is 2.58. The normalized spacial score (nSPS) is 17.6. The number of rotatable bonds is 2. The Balaban J connectivity index is 2.16. The molecule has 0 heterocycles. The van der Waals surface area contributed by atoms with Gasteiger partial charge >= 0.3 is 0 Å². The summed E-state index contributed by atoms with van der Waals surface area (Å²) < 4.78 is 0. The van der Waals surface area contributed by atoms with E-state index in [9.17, 15) is 5.11 Å². The second kappa shape index (κ2) is 3.22. The minimum Gasteiger partial charge on any atom is -0.508 e. The Morgan fingerprint density at radius 1 is 1.12 bits per heavy atom. The van der Waals surface area contributed by atoms with E-state index >= 15 is 0 Å². The largest absolute Gasteiger partial charge is 0.508 e. The lowest BCUT2D eigenvalue weighted by atomic mass is 9.97. The Labute approximate surface area is 94.7 Å². The molecule has 2 aromatic rings. The van der Waals surface area contributed by atoms with Gasteiger partial charge in [0, 0.05) is 11.1 Å². The molecule has 0 aliphatic heterocycles. The van der Waals surface area contributed by atoms with Gasteiger partial charge in [0.05, 0.1) is 0 Å². The average Bonchev–Trinajstić information content (AvgIpc) is 3.01. The molecule has 3 rings (SSSR count). The maximum Gasteiger partial charge on any atom is 0.119 e. The van der Waals surface area contributed by atoms with E-state index in [4.69, 9.17) is 5.73 Å². The molecule has 82 valence electrons. The van der Waals surface area contributed by atoms with Crippen molar-refractivity contribution >= 4 is 10.8 Å². The number of aromatic hydroxyl groups is 1. The summed E-state index contributed by atoms with van der Waals surface area (Å²) in [6.45, 7) is 0. The second-order valence-corrected chi connectivity index (χ2v) is 4.82. The number of fused-ring (bicyclic) bond motifs is 1. The first-order valence-corrected chi connectivity index (χ1v) is 5.66. The summed E-state index contributed by atoms with van der Waals surface area (Å²) in [5, 5.41) is 12.2. The summed E-state index contributed by atoms with van der Waals surface area (Å²) in [6, 6.07) is 11.8. The lowest BCUT2D eigenvalue weighted by molar-refractivity contribution is 0.465. The van der Waals surface area contributed by atoms with E-state index in [1.54, 1.807) is 6.07 Å². The molecule has 1 aliphatic rings. The topological polar surface area (TPSA) is 46.2 Å². The Kier molecular flexibility index (Phi) is 1.95. The molecule has 0 radical (unpaired) electrons. The van der Waals surface area contributed by atoms with Crippen LogP contribution >= 0.6 is 0 Å². The SMILES string of the molecule is NC1(Cc2c(O)ccc3ccccc23)CC1. The number of nitrogens with two attached hydrogens (primary N) is 1. The van der Waals surface area contributed by atoms with E-state index in [0.29, 0.717) is 5.75 Å². The van der Waals surface area contributed by atoms with Crippen LogP contribution in [0.1, 0.15) is 18.4 Å². The van der Waals surface area contributed by atoms with Gasteiger partial charge in [0.1, 0.15) is 5.75 Å². The van der Waals surface area contributed by atoms with E-state index in [1.165, 1.54) is 5.39 Å². The minimum atomic E-state index is -0.0679. The second-order valence-electron chi connectivity index (χ2n) is 4.82. The molecular formula is C14H15NO. The quantitative estimate of drug-likeness (QED) is 0.805. The summed E-state index contributed by atoms with van der Waals surface area (Å²) >= 11 is 0.